The fraction of sp³-hybridized carbons (Fsp3) is 0.154. The second kappa shape index (κ2) is 5.23. The number of esters is 1. The summed E-state index contributed by atoms with van der Waals surface area (Å²) in [6.45, 7) is 0. The van der Waals surface area contributed by atoms with Crippen LogP contribution in [0.3, 0.4) is 0 Å². The van der Waals surface area contributed by atoms with Crippen LogP contribution in [0, 0.1) is 11.3 Å². The van der Waals surface area contributed by atoms with Gasteiger partial charge in [-0.25, -0.2) is 4.68 Å². The van der Waals surface area contributed by atoms with E-state index in [9.17, 15) is 9.59 Å². The zero-order valence-corrected chi connectivity index (χ0v) is 10.2. The summed E-state index contributed by atoms with van der Waals surface area (Å²) in [5.41, 5.74) is 0.975. The van der Waals surface area contributed by atoms with Crippen molar-refractivity contribution >= 4 is 5.97 Å². The van der Waals surface area contributed by atoms with Crippen molar-refractivity contribution in [1.82, 2.24) is 9.78 Å². The average molecular weight is 257 g/mol. The Bertz CT molecular complexity index is 706. The summed E-state index contributed by atoms with van der Waals surface area (Å²) < 4.78 is 5.79. The van der Waals surface area contributed by atoms with E-state index >= 15 is 0 Å². The first kappa shape index (κ1) is 12.6. The Balaban J connectivity index is 2.39. The van der Waals surface area contributed by atoms with Crippen LogP contribution in [0.1, 0.15) is 11.1 Å². The molecule has 0 amide bonds. The van der Waals surface area contributed by atoms with Crippen molar-refractivity contribution in [2.24, 2.45) is 0 Å². The van der Waals surface area contributed by atoms with Crippen LogP contribution in [-0.2, 0) is 16.0 Å². The number of carbonyl (C=O) groups excluding carboxylic acids is 1. The Morgan fingerprint density at radius 2 is 2.32 bits per heavy atom. The molecule has 0 saturated heterocycles. The molecule has 6 nitrogen and oxygen atoms in total. The molecule has 19 heavy (non-hydrogen) atoms. The first-order valence-corrected chi connectivity index (χ1v) is 5.52. The number of ether oxygens (including phenoxy) is 1. The number of nitriles is 1. The van der Waals surface area contributed by atoms with E-state index in [2.05, 4.69) is 9.84 Å². The Labute approximate surface area is 108 Å². The van der Waals surface area contributed by atoms with Crippen molar-refractivity contribution in [3.8, 4) is 11.8 Å². The van der Waals surface area contributed by atoms with Gasteiger partial charge in [-0.15, -0.1) is 0 Å². The third kappa shape index (κ3) is 2.55. The SMILES string of the molecule is COC(=O)Cc1c[nH]n(-c2cccc(C#N)c2)c1=O. The Kier molecular flexibility index (Phi) is 3.48. The summed E-state index contributed by atoms with van der Waals surface area (Å²) in [7, 11) is 1.27. The van der Waals surface area contributed by atoms with Crippen molar-refractivity contribution < 1.29 is 9.53 Å². The number of benzene rings is 1. The van der Waals surface area contributed by atoms with Gasteiger partial charge >= 0.3 is 5.97 Å². The molecule has 96 valence electrons. The second-order valence-corrected chi connectivity index (χ2v) is 3.85. The second-order valence-electron chi connectivity index (χ2n) is 3.85. The monoisotopic (exact) mass is 257 g/mol. The van der Waals surface area contributed by atoms with E-state index in [-0.39, 0.29) is 12.0 Å². The molecule has 0 aliphatic rings. The predicted molar refractivity (Wildman–Crippen MR) is 66.8 cm³/mol. The minimum Gasteiger partial charge on any atom is -0.469 e. The highest BCUT2D eigenvalue weighted by Crippen LogP contribution is 2.07. The largest absolute Gasteiger partial charge is 0.469 e. The number of methoxy groups -OCH3 is 1. The summed E-state index contributed by atoms with van der Waals surface area (Å²) >= 11 is 0. The first-order valence-electron chi connectivity index (χ1n) is 5.52. The summed E-state index contributed by atoms with van der Waals surface area (Å²) in [4.78, 5) is 23.2. The van der Waals surface area contributed by atoms with E-state index in [4.69, 9.17) is 5.26 Å². The standard InChI is InChI=1S/C13H11N3O3/c1-19-12(17)6-10-8-15-16(13(10)18)11-4-2-3-9(5-11)7-14/h2-5,8,15H,6H2,1H3. The number of aromatic nitrogens is 2. The molecule has 6 heteroatoms. The van der Waals surface area contributed by atoms with Crippen LogP contribution in [0.4, 0.5) is 0 Å². The van der Waals surface area contributed by atoms with Gasteiger partial charge in [0.25, 0.3) is 5.56 Å². The zero-order chi connectivity index (χ0) is 13.8. The van der Waals surface area contributed by atoms with Gasteiger partial charge in [-0.3, -0.25) is 14.7 Å². The van der Waals surface area contributed by atoms with Crippen molar-refractivity contribution in [3.05, 3.63) is 51.9 Å². The number of nitrogens with one attached hydrogen (secondary N) is 1. The minimum atomic E-state index is -0.478. The lowest BCUT2D eigenvalue weighted by Crippen LogP contribution is -2.19. The lowest BCUT2D eigenvalue weighted by molar-refractivity contribution is -0.139. The van der Waals surface area contributed by atoms with Crippen LogP contribution >= 0.6 is 0 Å². The van der Waals surface area contributed by atoms with E-state index in [1.807, 2.05) is 6.07 Å². The number of hydrogen-bond acceptors (Lipinski definition) is 4. The van der Waals surface area contributed by atoms with E-state index < -0.39 is 5.97 Å². The number of nitrogens with zero attached hydrogens (tertiary/aromatic N) is 2. The lowest BCUT2D eigenvalue weighted by Gasteiger charge is -2.01. The maximum Gasteiger partial charge on any atom is 0.310 e. The number of H-pyrrole nitrogens is 1. The van der Waals surface area contributed by atoms with Crippen LogP contribution in [0.2, 0.25) is 0 Å². The average Bonchev–Trinajstić information content (AvgIpc) is 2.80. The fourth-order valence-corrected chi connectivity index (χ4v) is 1.67. The van der Waals surface area contributed by atoms with Crippen molar-refractivity contribution in [2.75, 3.05) is 7.11 Å². The van der Waals surface area contributed by atoms with Gasteiger partial charge in [-0.2, -0.15) is 5.26 Å². The molecule has 0 unspecified atom stereocenters. The maximum atomic E-state index is 12.1. The van der Waals surface area contributed by atoms with Gasteiger partial charge in [0.05, 0.1) is 30.9 Å². The summed E-state index contributed by atoms with van der Waals surface area (Å²) in [6.07, 6.45) is 1.37. The van der Waals surface area contributed by atoms with Crippen LogP contribution in [-0.4, -0.2) is 22.9 Å². The highest BCUT2D eigenvalue weighted by Gasteiger charge is 2.12. The molecular formula is C13H11N3O3. The molecule has 0 atom stereocenters. The van der Waals surface area contributed by atoms with Gasteiger partial charge in [0.1, 0.15) is 0 Å². The van der Waals surface area contributed by atoms with Crippen LogP contribution in [0.15, 0.2) is 35.3 Å². The van der Waals surface area contributed by atoms with Gasteiger partial charge in [-0.05, 0) is 18.2 Å². The molecule has 1 aromatic heterocycles. The lowest BCUT2D eigenvalue weighted by atomic mass is 10.2. The highest BCUT2D eigenvalue weighted by molar-refractivity contribution is 5.72. The molecule has 0 aliphatic carbocycles. The van der Waals surface area contributed by atoms with Crippen molar-refractivity contribution in [3.63, 3.8) is 0 Å². The quantitative estimate of drug-likeness (QED) is 0.822. The third-order valence-electron chi connectivity index (χ3n) is 2.64. The molecule has 2 rings (SSSR count). The topological polar surface area (TPSA) is 87.9 Å². The van der Waals surface area contributed by atoms with E-state index in [0.717, 1.165) is 0 Å². The van der Waals surface area contributed by atoms with Gasteiger partial charge in [0.2, 0.25) is 0 Å². The van der Waals surface area contributed by atoms with Crippen LogP contribution in [0.5, 0.6) is 0 Å². The number of rotatable bonds is 3. The molecule has 0 fully saturated rings. The van der Waals surface area contributed by atoms with E-state index in [1.54, 1.807) is 24.3 Å². The van der Waals surface area contributed by atoms with Crippen molar-refractivity contribution in [1.29, 1.82) is 5.26 Å². The first-order chi connectivity index (χ1) is 9.15. The van der Waals surface area contributed by atoms with Gasteiger partial charge in [0.15, 0.2) is 0 Å². The molecule has 2 aromatic rings. The van der Waals surface area contributed by atoms with Crippen molar-refractivity contribution in [2.45, 2.75) is 6.42 Å². The van der Waals surface area contributed by atoms with Gasteiger partial charge in [0, 0.05) is 11.8 Å². The predicted octanol–water partition coefficient (Wildman–Crippen LogP) is 0.753. The number of aromatic amines is 1. The normalized spacial score (nSPS) is 9.89. The molecule has 0 spiro atoms. The van der Waals surface area contributed by atoms with Crippen LogP contribution < -0.4 is 5.56 Å². The summed E-state index contributed by atoms with van der Waals surface area (Å²) in [6, 6.07) is 8.61. The molecule has 0 radical (unpaired) electrons. The molecular weight excluding hydrogens is 246 g/mol. The maximum absolute atomic E-state index is 12.1. The molecule has 1 aromatic carbocycles. The summed E-state index contributed by atoms with van der Waals surface area (Å²) in [5.74, 6) is -0.478. The van der Waals surface area contributed by atoms with E-state index in [0.29, 0.717) is 16.8 Å². The van der Waals surface area contributed by atoms with E-state index in [1.165, 1.54) is 18.0 Å². The molecule has 0 saturated carbocycles. The molecule has 1 N–H and O–H groups in total. The number of hydrogen-bond donors (Lipinski definition) is 1. The van der Waals surface area contributed by atoms with Gasteiger partial charge in [-0.1, -0.05) is 6.07 Å². The highest BCUT2D eigenvalue weighted by atomic mass is 16.5. The Morgan fingerprint density at radius 3 is 3.00 bits per heavy atom. The van der Waals surface area contributed by atoms with Crippen LogP contribution in [0.25, 0.3) is 5.69 Å². The fourth-order valence-electron chi connectivity index (χ4n) is 1.67. The molecule has 0 bridgehead atoms. The zero-order valence-electron chi connectivity index (χ0n) is 10.2. The molecule has 0 aliphatic heterocycles. The smallest absolute Gasteiger partial charge is 0.310 e. The Morgan fingerprint density at radius 1 is 1.53 bits per heavy atom. The third-order valence-corrected chi connectivity index (χ3v) is 2.64. The minimum absolute atomic E-state index is 0.0865. The van der Waals surface area contributed by atoms with Gasteiger partial charge < -0.3 is 4.74 Å². The Hall–Kier alpha value is -2.81. The number of carbonyl (C=O) groups is 1. The molecule has 1 heterocycles. The summed E-state index contributed by atoms with van der Waals surface area (Å²) in [5, 5.41) is 11.6.